The van der Waals surface area contributed by atoms with E-state index in [9.17, 15) is 10.5 Å². The monoisotopic (exact) mass is 962 g/mol. The lowest BCUT2D eigenvalue weighted by atomic mass is 9.94. The zero-order valence-corrected chi connectivity index (χ0v) is 41.0. The molecule has 0 saturated heterocycles. The SMILES string of the molecule is Cc1ccccc1-c1ccc2c3ccc(-c4ccccc4C)cc3n(-c3cc(C#N)cc(-n4c5cc(-c6ccccc6C)ccc5c5ccc(-c6ccccc6C)cc54)c3-c3cc(C#N)cc(C(F)(F)F)c3)c2c1. The average Bonchev–Trinajstić information content (AvgIpc) is 3.91. The second kappa shape index (κ2) is 17.7. The van der Waals surface area contributed by atoms with E-state index >= 15 is 13.2 Å². The Hall–Kier alpha value is -9.43. The standard InChI is InChI=1S/C67H45F3N4/c1-40-13-5-9-17-52(40)46-21-25-56-57-26-22-47(53-18-10-6-14-41(53)2)35-61(57)73(60(56)34-46)64-31-45(39-72)32-65(66(64)50-29-44(38-71)30-51(33-50)67(68,69)70)74-62-36-48(54-19-11-7-15-42(54)3)23-27-58(62)59-28-24-49(37-63(59)74)55-20-12-8-16-43(55)4/h5-37H,1-4H3. The summed E-state index contributed by atoms with van der Waals surface area (Å²) in [5.41, 5.74) is 16.2. The minimum atomic E-state index is -4.79. The third kappa shape index (κ3) is 7.61. The van der Waals surface area contributed by atoms with E-state index < -0.39 is 11.7 Å². The highest BCUT2D eigenvalue weighted by Gasteiger charge is 2.33. The van der Waals surface area contributed by atoms with Gasteiger partial charge in [-0.3, -0.25) is 0 Å². The molecule has 2 aromatic heterocycles. The molecule has 0 amide bonds. The summed E-state index contributed by atoms with van der Waals surface area (Å²) in [5.74, 6) is 0. The molecule has 0 bridgehead atoms. The van der Waals surface area contributed by atoms with Crippen molar-refractivity contribution < 1.29 is 13.2 Å². The first-order chi connectivity index (χ1) is 35.9. The van der Waals surface area contributed by atoms with Crippen LogP contribution in [0.4, 0.5) is 13.2 Å². The summed E-state index contributed by atoms with van der Waals surface area (Å²) >= 11 is 0. The molecule has 4 nitrogen and oxygen atoms in total. The van der Waals surface area contributed by atoms with Crippen molar-refractivity contribution >= 4 is 43.6 Å². The van der Waals surface area contributed by atoms with E-state index in [2.05, 4.69) is 170 Å². The summed E-state index contributed by atoms with van der Waals surface area (Å²) in [6, 6.07) is 69.9. The molecule has 0 aliphatic rings. The van der Waals surface area contributed by atoms with Gasteiger partial charge in [-0.25, -0.2) is 0 Å². The van der Waals surface area contributed by atoms with Gasteiger partial charge in [-0.2, -0.15) is 23.7 Å². The number of nitriles is 2. The molecule has 0 spiro atoms. The number of halogens is 3. The van der Waals surface area contributed by atoms with Gasteiger partial charge in [0.05, 0.1) is 62.3 Å². The Labute approximate surface area is 426 Å². The van der Waals surface area contributed by atoms with Gasteiger partial charge in [-0.1, -0.05) is 146 Å². The van der Waals surface area contributed by atoms with Gasteiger partial charge >= 0.3 is 6.18 Å². The van der Waals surface area contributed by atoms with Crippen LogP contribution in [0.3, 0.4) is 0 Å². The minimum absolute atomic E-state index is 0.145. The summed E-state index contributed by atoms with van der Waals surface area (Å²) in [6.45, 7) is 8.30. The van der Waals surface area contributed by atoms with E-state index in [1.54, 1.807) is 18.2 Å². The van der Waals surface area contributed by atoms with Crippen molar-refractivity contribution in [3.05, 3.63) is 239 Å². The lowest BCUT2D eigenvalue weighted by molar-refractivity contribution is -0.137. The summed E-state index contributed by atoms with van der Waals surface area (Å²) in [6.07, 6.45) is -4.79. The maximum Gasteiger partial charge on any atom is 0.416 e. The maximum atomic E-state index is 15.3. The molecule has 0 radical (unpaired) electrons. The number of rotatable bonds is 7. The minimum Gasteiger partial charge on any atom is -0.308 e. The van der Waals surface area contributed by atoms with Crippen molar-refractivity contribution in [3.63, 3.8) is 0 Å². The normalized spacial score (nSPS) is 11.7. The van der Waals surface area contributed by atoms with Gasteiger partial charge in [-0.05, 0) is 155 Å². The first-order valence-electron chi connectivity index (χ1n) is 24.5. The third-order valence-corrected chi connectivity index (χ3v) is 14.7. The van der Waals surface area contributed by atoms with Crippen molar-refractivity contribution in [3.8, 4) is 79.1 Å². The van der Waals surface area contributed by atoms with Crippen LogP contribution < -0.4 is 0 Å². The number of hydrogen-bond acceptors (Lipinski definition) is 2. The van der Waals surface area contributed by atoms with Crippen LogP contribution in [0.25, 0.3) is 111 Å². The molecule has 0 aliphatic carbocycles. The van der Waals surface area contributed by atoms with Crippen molar-refractivity contribution in [1.29, 1.82) is 10.5 Å². The molecule has 74 heavy (non-hydrogen) atoms. The summed E-state index contributed by atoms with van der Waals surface area (Å²) in [7, 11) is 0. The number of aromatic nitrogens is 2. The van der Waals surface area contributed by atoms with E-state index in [0.717, 1.165) is 123 Å². The van der Waals surface area contributed by atoms with Crippen LogP contribution >= 0.6 is 0 Å². The molecular weight excluding hydrogens is 918 g/mol. The molecule has 0 N–H and O–H groups in total. The van der Waals surface area contributed by atoms with Crippen molar-refractivity contribution in [2.45, 2.75) is 33.9 Å². The fraction of sp³-hybridized carbons (Fsp3) is 0.0746. The summed E-state index contributed by atoms with van der Waals surface area (Å²) < 4.78 is 50.1. The smallest absolute Gasteiger partial charge is 0.308 e. The number of aryl methyl sites for hydroxylation is 4. The molecule has 10 aromatic carbocycles. The molecule has 12 rings (SSSR count). The number of fused-ring (bicyclic) bond motifs is 6. The third-order valence-electron chi connectivity index (χ3n) is 14.7. The van der Waals surface area contributed by atoms with Gasteiger partial charge in [0.1, 0.15) is 0 Å². The van der Waals surface area contributed by atoms with E-state index in [4.69, 9.17) is 0 Å². The molecular formula is C67H45F3N4. The van der Waals surface area contributed by atoms with E-state index in [0.29, 0.717) is 22.5 Å². The fourth-order valence-corrected chi connectivity index (χ4v) is 11.1. The highest BCUT2D eigenvalue weighted by molar-refractivity contribution is 6.14. The largest absolute Gasteiger partial charge is 0.416 e. The van der Waals surface area contributed by atoms with Crippen LogP contribution in [-0.4, -0.2) is 9.13 Å². The zero-order chi connectivity index (χ0) is 51.0. The summed E-state index contributed by atoms with van der Waals surface area (Å²) in [5, 5.41) is 25.5. The lowest BCUT2D eigenvalue weighted by Crippen LogP contribution is -2.08. The maximum absolute atomic E-state index is 15.3. The van der Waals surface area contributed by atoms with Crippen molar-refractivity contribution in [2.24, 2.45) is 0 Å². The van der Waals surface area contributed by atoms with Gasteiger partial charge in [0.15, 0.2) is 0 Å². The number of hydrogen-bond donors (Lipinski definition) is 0. The van der Waals surface area contributed by atoms with Crippen LogP contribution in [0, 0.1) is 50.4 Å². The zero-order valence-electron chi connectivity index (χ0n) is 41.0. The Bertz CT molecular complexity index is 3940. The molecule has 7 heteroatoms. The van der Waals surface area contributed by atoms with Crippen LogP contribution in [-0.2, 0) is 6.18 Å². The highest BCUT2D eigenvalue weighted by Crippen LogP contribution is 2.47. The molecule has 354 valence electrons. The van der Waals surface area contributed by atoms with E-state index in [1.165, 1.54) is 0 Å². The van der Waals surface area contributed by atoms with Crippen LogP contribution in [0.15, 0.2) is 200 Å². The number of alkyl halides is 3. The molecule has 0 saturated carbocycles. The van der Waals surface area contributed by atoms with E-state index in [1.807, 2.05) is 48.5 Å². The predicted molar refractivity (Wildman–Crippen MR) is 296 cm³/mol. The fourth-order valence-electron chi connectivity index (χ4n) is 11.1. The number of benzene rings is 10. The summed E-state index contributed by atoms with van der Waals surface area (Å²) in [4.78, 5) is 0. The van der Waals surface area contributed by atoms with E-state index in [-0.39, 0.29) is 11.1 Å². The Balaban J connectivity index is 1.29. The second-order valence-electron chi connectivity index (χ2n) is 19.3. The van der Waals surface area contributed by atoms with Gasteiger partial charge in [-0.15, -0.1) is 0 Å². The first-order valence-corrected chi connectivity index (χ1v) is 24.5. The quantitative estimate of drug-likeness (QED) is 0.160. The van der Waals surface area contributed by atoms with Crippen LogP contribution in [0.1, 0.15) is 38.9 Å². The lowest BCUT2D eigenvalue weighted by Gasteiger charge is -2.22. The average molecular weight is 963 g/mol. The second-order valence-corrected chi connectivity index (χ2v) is 19.3. The highest BCUT2D eigenvalue weighted by atomic mass is 19.4. The van der Waals surface area contributed by atoms with Gasteiger partial charge in [0.25, 0.3) is 0 Å². The number of nitrogens with zero attached hydrogens (tertiary/aromatic N) is 4. The van der Waals surface area contributed by atoms with Gasteiger partial charge in [0.2, 0.25) is 0 Å². The Morgan fingerprint density at radius 1 is 0.351 bits per heavy atom. The Morgan fingerprint density at radius 3 is 0.959 bits per heavy atom. The molecule has 0 unspecified atom stereocenters. The Morgan fingerprint density at radius 2 is 0.662 bits per heavy atom. The topological polar surface area (TPSA) is 57.4 Å². The van der Waals surface area contributed by atoms with Crippen molar-refractivity contribution in [1.82, 2.24) is 9.13 Å². The molecule has 2 heterocycles. The van der Waals surface area contributed by atoms with Gasteiger partial charge < -0.3 is 9.13 Å². The Kier molecular flexibility index (Phi) is 10.9. The predicted octanol–water partition coefficient (Wildman–Crippen LogP) is 18.2. The van der Waals surface area contributed by atoms with Crippen molar-refractivity contribution in [2.75, 3.05) is 0 Å². The van der Waals surface area contributed by atoms with Crippen LogP contribution in [0.5, 0.6) is 0 Å². The molecule has 0 aliphatic heterocycles. The molecule has 0 fully saturated rings. The molecule has 0 atom stereocenters. The first kappa shape index (κ1) is 45.7. The molecule has 12 aromatic rings. The van der Waals surface area contributed by atoms with Gasteiger partial charge in [0, 0.05) is 27.1 Å². The van der Waals surface area contributed by atoms with Crippen LogP contribution in [0.2, 0.25) is 0 Å².